The summed E-state index contributed by atoms with van der Waals surface area (Å²) >= 11 is 1.83. The van der Waals surface area contributed by atoms with Gasteiger partial charge in [0.25, 0.3) is 0 Å². The molecule has 0 saturated carbocycles. The third kappa shape index (κ3) is 6.87. The van der Waals surface area contributed by atoms with Crippen molar-refractivity contribution in [3.05, 3.63) is 29.8 Å². The van der Waals surface area contributed by atoms with Crippen LogP contribution in [0.5, 0.6) is 0 Å². The molecule has 0 fully saturated rings. The van der Waals surface area contributed by atoms with E-state index in [0.29, 0.717) is 6.42 Å². The Hall–Kier alpha value is -1.20. The van der Waals surface area contributed by atoms with E-state index < -0.39 is 0 Å². The minimum atomic E-state index is -0.223. The highest BCUT2D eigenvalue weighted by Gasteiger charge is 2.15. The monoisotopic (exact) mass is 310 g/mol. The highest BCUT2D eigenvalue weighted by molar-refractivity contribution is 7.98. The molecule has 4 nitrogen and oxygen atoms in total. The summed E-state index contributed by atoms with van der Waals surface area (Å²) in [5.41, 5.74) is 2.06. The van der Waals surface area contributed by atoms with Crippen LogP contribution in [0.2, 0.25) is 0 Å². The van der Waals surface area contributed by atoms with Crippen molar-refractivity contribution < 1.29 is 9.90 Å². The van der Waals surface area contributed by atoms with Crippen LogP contribution in [-0.4, -0.2) is 35.8 Å². The molecular formula is C16H26N2O2S. The van der Waals surface area contributed by atoms with E-state index in [2.05, 4.69) is 16.9 Å². The summed E-state index contributed by atoms with van der Waals surface area (Å²) in [6.45, 7) is 4.13. The fourth-order valence-corrected chi connectivity index (χ4v) is 2.46. The topological polar surface area (TPSA) is 61.4 Å². The Balaban J connectivity index is 2.50. The first-order chi connectivity index (χ1) is 10.1. The molecule has 0 aromatic heterocycles. The van der Waals surface area contributed by atoms with E-state index >= 15 is 0 Å². The Bertz CT molecular complexity index is 421. The molecule has 0 bridgehead atoms. The molecule has 0 saturated heterocycles. The first kappa shape index (κ1) is 17.9. The van der Waals surface area contributed by atoms with E-state index in [0.717, 1.165) is 17.9 Å². The highest BCUT2D eigenvalue weighted by Crippen LogP contribution is 2.12. The molecule has 3 N–H and O–H groups in total. The quantitative estimate of drug-likeness (QED) is 0.691. The van der Waals surface area contributed by atoms with Gasteiger partial charge in [0, 0.05) is 18.3 Å². The predicted octanol–water partition coefficient (Wildman–Crippen LogP) is 3.12. The Morgan fingerprint density at radius 1 is 1.29 bits per heavy atom. The second kappa shape index (κ2) is 9.68. The zero-order valence-corrected chi connectivity index (χ0v) is 13.9. The summed E-state index contributed by atoms with van der Waals surface area (Å²) < 4.78 is 0. The number of thioether (sulfide) groups is 1. The van der Waals surface area contributed by atoms with E-state index in [4.69, 9.17) is 5.11 Å². The summed E-state index contributed by atoms with van der Waals surface area (Å²) in [4.78, 5) is 12.0. The molecule has 1 unspecified atom stereocenters. The second-order valence-electron chi connectivity index (χ2n) is 5.40. The van der Waals surface area contributed by atoms with Gasteiger partial charge in [0.15, 0.2) is 0 Å². The fourth-order valence-electron chi connectivity index (χ4n) is 2.02. The average Bonchev–Trinajstić information content (AvgIpc) is 2.46. The molecule has 1 aromatic carbocycles. The van der Waals surface area contributed by atoms with Gasteiger partial charge in [0.2, 0.25) is 0 Å². The Kier molecular flexibility index (Phi) is 8.23. The molecule has 0 aliphatic rings. The summed E-state index contributed by atoms with van der Waals surface area (Å²) in [6.07, 6.45) is 3.70. The zero-order chi connectivity index (χ0) is 15.7. The third-order valence-corrected chi connectivity index (χ3v) is 3.98. The number of carbonyl (C=O) groups is 1. The van der Waals surface area contributed by atoms with E-state index in [1.165, 1.54) is 5.56 Å². The lowest BCUT2D eigenvalue weighted by Crippen LogP contribution is -2.41. The number of amides is 2. The Labute approximate surface area is 131 Å². The molecule has 21 heavy (non-hydrogen) atoms. The van der Waals surface area contributed by atoms with Crippen molar-refractivity contribution in [1.82, 2.24) is 5.32 Å². The molecule has 1 atom stereocenters. The Morgan fingerprint density at radius 2 is 1.95 bits per heavy atom. The first-order valence-corrected chi connectivity index (χ1v) is 8.72. The number of nitrogens with one attached hydrogen (secondary N) is 2. The molecule has 1 rings (SSSR count). The summed E-state index contributed by atoms with van der Waals surface area (Å²) in [5, 5.41) is 14.7. The number of hydrogen-bond donors (Lipinski definition) is 3. The minimum Gasteiger partial charge on any atom is -0.396 e. The maximum absolute atomic E-state index is 12.0. The first-order valence-electron chi connectivity index (χ1n) is 7.33. The van der Waals surface area contributed by atoms with Crippen LogP contribution in [0.1, 0.15) is 25.8 Å². The number of carbonyl (C=O) groups excluding carboxylic acids is 1. The third-order valence-electron chi connectivity index (χ3n) is 3.37. The standard InChI is InChI=1S/C16H26N2O2S/c1-12(2)15(8-10-19)18-16(20)17-14-6-4-13(5-7-14)9-11-21-3/h4-7,12,15,19H,8-11H2,1-3H3,(H2,17,18,20). The van der Waals surface area contributed by atoms with Crippen LogP contribution < -0.4 is 10.6 Å². The van der Waals surface area contributed by atoms with Gasteiger partial charge in [-0.15, -0.1) is 0 Å². The molecule has 0 aliphatic heterocycles. The number of rotatable bonds is 8. The lowest BCUT2D eigenvalue weighted by Gasteiger charge is -2.21. The van der Waals surface area contributed by atoms with Crippen molar-refractivity contribution in [2.75, 3.05) is 23.9 Å². The highest BCUT2D eigenvalue weighted by atomic mass is 32.2. The second-order valence-corrected chi connectivity index (χ2v) is 6.39. The Morgan fingerprint density at radius 3 is 2.48 bits per heavy atom. The van der Waals surface area contributed by atoms with Gasteiger partial charge in [-0.1, -0.05) is 26.0 Å². The normalized spacial score (nSPS) is 12.2. The van der Waals surface area contributed by atoms with Gasteiger partial charge in [-0.2, -0.15) is 11.8 Å². The summed E-state index contributed by atoms with van der Waals surface area (Å²) in [5.74, 6) is 1.39. The van der Waals surface area contributed by atoms with Crippen molar-refractivity contribution in [1.29, 1.82) is 0 Å². The molecule has 5 heteroatoms. The molecule has 0 radical (unpaired) electrons. The van der Waals surface area contributed by atoms with Crippen molar-refractivity contribution in [2.45, 2.75) is 32.7 Å². The summed E-state index contributed by atoms with van der Waals surface area (Å²) in [7, 11) is 0. The lowest BCUT2D eigenvalue weighted by atomic mass is 10.0. The van der Waals surface area contributed by atoms with Gasteiger partial charge in [-0.05, 0) is 48.5 Å². The number of hydrogen-bond acceptors (Lipinski definition) is 3. The van der Waals surface area contributed by atoms with Crippen molar-refractivity contribution in [3.63, 3.8) is 0 Å². The maximum atomic E-state index is 12.0. The lowest BCUT2D eigenvalue weighted by molar-refractivity contribution is 0.227. The van der Waals surface area contributed by atoms with E-state index in [9.17, 15) is 4.79 Å². The molecule has 1 aromatic rings. The number of urea groups is 1. The molecular weight excluding hydrogens is 284 g/mol. The number of anilines is 1. The predicted molar refractivity (Wildman–Crippen MR) is 91.0 cm³/mol. The van der Waals surface area contributed by atoms with Crippen molar-refractivity contribution in [2.24, 2.45) is 5.92 Å². The average molecular weight is 310 g/mol. The number of aryl methyl sites for hydroxylation is 1. The van der Waals surface area contributed by atoms with Gasteiger partial charge < -0.3 is 15.7 Å². The van der Waals surface area contributed by atoms with Crippen LogP contribution in [0, 0.1) is 5.92 Å². The van der Waals surface area contributed by atoms with Gasteiger partial charge in [-0.25, -0.2) is 4.79 Å². The molecule has 2 amide bonds. The minimum absolute atomic E-state index is 0.0177. The van der Waals surface area contributed by atoms with Gasteiger partial charge >= 0.3 is 6.03 Å². The zero-order valence-electron chi connectivity index (χ0n) is 13.1. The van der Waals surface area contributed by atoms with Crippen LogP contribution in [0.15, 0.2) is 24.3 Å². The SMILES string of the molecule is CSCCc1ccc(NC(=O)NC(CCO)C(C)C)cc1. The number of aliphatic hydroxyl groups is 1. The van der Waals surface area contributed by atoms with E-state index in [1.807, 2.05) is 49.9 Å². The van der Waals surface area contributed by atoms with Crippen LogP contribution in [0.3, 0.4) is 0 Å². The van der Waals surface area contributed by atoms with Gasteiger partial charge in [-0.3, -0.25) is 0 Å². The molecule has 118 valence electrons. The van der Waals surface area contributed by atoms with Crippen LogP contribution in [0.4, 0.5) is 10.5 Å². The molecule has 0 aliphatic carbocycles. The maximum Gasteiger partial charge on any atom is 0.319 e. The molecule has 0 heterocycles. The largest absolute Gasteiger partial charge is 0.396 e. The van der Waals surface area contributed by atoms with E-state index in [-0.39, 0.29) is 24.6 Å². The smallest absolute Gasteiger partial charge is 0.319 e. The van der Waals surface area contributed by atoms with Gasteiger partial charge in [0.05, 0.1) is 0 Å². The van der Waals surface area contributed by atoms with Crippen molar-refractivity contribution in [3.8, 4) is 0 Å². The molecule has 0 spiro atoms. The van der Waals surface area contributed by atoms with Crippen LogP contribution >= 0.6 is 11.8 Å². The summed E-state index contributed by atoms with van der Waals surface area (Å²) in [6, 6.07) is 7.69. The van der Waals surface area contributed by atoms with E-state index in [1.54, 1.807) is 0 Å². The van der Waals surface area contributed by atoms with Crippen LogP contribution in [0.25, 0.3) is 0 Å². The number of aliphatic hydroxyl groups excluding tert-OH is 1. The van der Waals surface area contributed by atoms with Crippen molar-refractivity contribution >= 4 is 23.5 Å². The fraction of sp³-hybridized carbons (Fsp3) is 0.562. The van der Waals surface area contributed by atoms with Crippen LogP contribution in [-0.2, 0) is 6.42 Å². The van der Waals surface area contributed by atoms with Gasteiger partial charge in [0.1, 0.15) is 0 Å². The number of benzene rings is 1.